The quantitative estimate of drug-likeness (QED) is 0.671. The number of halogens is 2. The average molecular weight is 411 g/mol. The van der Waals surface area contributed by atoms with Crippen molar-refractivity contribution in [2.75, 3.05) is 23.3 Å². The normalized spacial score (nSPS) is 16.5. The van der Waals surface area contributed by atoms with E-state index < -0.39 is 0 Å². The monoisotopic (exact) mass is 410 g/mol. The van der Waals surface area contributed by atoms with E-state index in [9.17, 15) is 9.18 Å². The minimum Gasteiger partial charge on any atom is -0.356 e. The first-order valence-corrected chi connectivity index (χ1v) is 9.87. The fourth-order valence-electron chi connectivity index (χ4n) is 3.44. The van der Waals surface area contributed by atoms with Gasteiger partial charge >= 0.3 is 0 Å². The Balaban J connectivity index is 1.46. The smallest absolute Gasteiger partial charge is 0.229 e. The Morgan fingerprint density at radius 1 is 1.10 bits per heavy atom. The Morgan fingerprint density at radius 2 is 1.86 bits per heavy atom. The molecule has 1 fully saturated rings. The zero-order valence-corrected chi connectivity index (χ0v) is 16.4. The number of carbonyl (C=O) groups is 1. The first-order valence-electron chi connectivity index (χ1n) is 9.49. The van der Waals surface area contributed by atoms with Crippen LogP contribution in [0.3, 0.4) is 0 Å². The highest BCUT2D eigenvalue weighted by Crippen LogP contribution is 2.25. The van der Waals surface area contributed by atoms with Crippen molar-refractivity contribution in [2.45, 2.75) is 12.8 Å². The molecule has 0 saturated carbocycles. The predicted molar refractivity (Wildman–Crippen MR) is 112 cm³/mol. The number of anilines is 2. The minimum absolute atomic E-state index is 0.00941. The molecular weight excluding hydrogens is 391 g/mol. The molecule has 1 amide bonds. The van der Waals surface area contributed by atoms with Crippen molar-refractivity contribution in [1.29, 1.82) is 0 Å². The molecule has 29 heavy (non-hydrogen) atoms. The van der Waals surface area contributed by atoms with E-state index in [0.29, 0.717) is 17.4 Å². The lowest BCUT2D eigenvalue weighted by atomic mass is 9.97. The Hall–Kier alpha value is -2.99. The van der Waals surface area contributed by atoms with Crippen LogP contribution >= 0.6 is 11.6 Å². The van der Waals surface area contributed by atoms with Crippen molar-refractivity contribution in [3.63, 3.8) is 0 Å². The van der Waals surface area contributed by atoms with Crippen LogP contribution in [0.15, 0.2) is 60.8 Å². The lowest BCUT2D eigenvalue weighted by Crippen LogP contribution is -2.41. The summed E-state index contributed by atoms with van der Waals surface area (Å²) in [4.78, 5) is 23.7. The topological polar surface area (TPSA) is 58.1 Å². The third-order valence-electron chi connectivity index (χ3n) is 4.97. The molecule has 7 heteroatoms. The largest absolute Gasteiger partial charge is 0.356 e. The Labute approximate surface area is 173 Å². The number of piperidine rings is 1. The Bertz CT molecular complexity index is 994. The van der Waals surface area contributed by atoms with Crippen LogP contribution in [0.1, 0.15) is 12.8 Å². The second-order valence-corrected chi connectivity index (χ2v) is 7.46. The number of aromatic nitrogens is 2. The van der Waals surface area contributed by atoms with Crippen molar-refractivity contribution in [3.05, 3.63) is 71.6 Å². The van der Waals surface area contributed by atoms with Crippen molar-refractivity contribution in [2.24, 2.45) is 5.92 Å². The molecule has 1 atom stereocenters. The number of nitrogens with one attached hydrogen (secondary N) is 1. The van der Waals surface area contributed by atoms with Gasteiger partial charge in [0.15, 0.2) is 5.82 Å². The molecule has 0 radical (unpaired) electrons. The van der Waals surface area contributed by atoms with Gasteiger partial charge in [-0.05, 0) is 67.4 Å². The maximum atomic E-state index is 13.2. The van der Waals surface area contributed by atoms with E-state index >= 15 is 0 Å². The molecule has 0 spiro atoms. The molecule has 0 unspecified atom stereocenters. The third-order valence-corrected chi connectivity index (χ3v) is 5.22. The van der Waals surface area contributed by atoms with Gasteiger partial charge in [-0.3, -0.25) is 4.79 Å². The van der Waals surface area contributed by atoms with E-state index in [-0.39, 0.29) is 17.6 Å². The number of amides is 1. The second kappa shape index (κ2) is 8.57. The van der Waals surface area contributed by atoms with Crippen LogP contribution in [0.25, 0.3) is 11.4 Å². The zero-order chi connectivity index (χ0) is 20.2. The summed E-state index contributed by atoms with van der Waals surface area (Å²) in [6.45, 7) is 1.41. The summed E-state index contributed by atoms with van der Waals surface area (Å²) in [5, 5.41) is 3.59. The molecule has 148 valence electrons. The van der Waals surface area contributed by atoms with Gasteiger partial charge in [0.1, 0.15) is 11.6 Å². The molecule has 5 nitrogen and oxygen atoms in total. The van der Waals surface area contributed by atoms with Gasteiger partial charge in [0.2, 0.25) is 5.91 Å². The van der Waals surface area contributed by atoms with Crippen LogP contribution in [0, 0.1) is 11.7 Å². The molecular formula is C22H20ClFN4O. The number of hydrogen-bond donors (Lipinski definition) is 1. The molecule has 0 bridgehead atoms. The van der Waals surface area contributed by atoms with Crippen molar-refractivity contribution >= 4 is 29.0 Å². The summed E-state index contributed by atoms with van der Waals surface area (Å²) in [6.07, 6.45) is 3.42. The summed E-state index contributed by atoms with van der Waals surface area (Å²) in [6, 6.07) is 15.0. The molecule has 1 N–H and O–H groups in total. The van der Waals surface area contributed by atoms with Gasteiger partial charge in [-0.1, -0.05) is 11.6 Å². The third kappa shape index (κ3) is 4.71. The fraction of sp³-hybridized carbons (Fsp3) is 0.227. The zero-order valence-electron chi connectivity index (χ0n) is 15.7. The molecule has 0 aliphatic carbocycles. The van der Waals surface area contributed by atoms with Crippen LogP contribution in [-0.2, 0) is 4.79 Å². The molecule has 2 aromatic carbocycles. The maximum absolute atomic E-state index is 13.2. The van der Waals surface area contributed by atoms with Crippen LogP contribution in [-0.4, -0.2) is 29.0 Å². The van der Waals surface area contributed by atoms with Crippen LogP contribution in [0.5, 0.6) is 0 Å². The molecule has 1 aromatic heterocycles. The first-order chi connectivity index (χ1) is 14.1. The summed E-state index contributed by atoms with van der Waals surface area (Å²) in [5.41, 5.74) is 1.49. The van der Waals surface area contributed by atoms with Crippen LogP contribution in [0.2, 0.25) is 5.02 Å². The maximum Gasteiger partial charge on any atom is 0.229 e. The number of rotatable bonds is 4. The first kappa shape index (κ1) is 19.3. The second-order valence-electron chi connectivity index (χ2n) is 7.03. The van der Waals surface area contributed by atoms with Crippen molar-refractivity contribution in [1.82, 2.24) is 9.97 Å². The van der Waals surface area contributed by atoms with E-state index in [1.165, 1.54) is 12.1 Å². The number of nitrogens with zero attached hydrogens (tertiary/aromatic N) is 3. The van der Waals surface area contributed by atoms with Gasteiger partial charge in [-0.25, -0.2) is 14.4 Å². The molecule has 2 heterocycles. The highest BCUT2D eigenvalue weighted by molar-refractivity contribution is 6.30. The van der Waals surface area contributed by atoms with Gasteiger partial charge in [0.05, 0.1) is 5.92 Å². The predicted octanol–water partition coefficient (Wildman–Crippen LogP) is 4.79. The van der Waals surface area contributed by atoms with Gasteiger partial charge in [0, 0.05) is 35.6 Å². The Kier molecular flexibility index (Phi) is 5.71. The fourth-order valence-corrected chi connectivity index (χ4v) is 3.57. The lowest BCUT2D eigenvalue weighted by molar-refractivity contribution is -0.120. The highest BCUT2D eigenvalue weighted by atomic mass is 35.5. The van der Waals surface area contributed by atoms with E-state index in [0.717, 1.165) is 36.5 Å². The van der Waals surface area contributed by atoms with E-state index in [2.05, 4.69) is 20.2 Å². The Morgan fingerprint density at radius 3 is 2.62 bits per heavy atom. The van der Waals surface area contributed by atoms with E-state index in [1.54, 1.807) is 42.6 Å². The summed E-state index contributed by atoms with van der Waals surface area (Å²) in [5.74, 6) is 0.863. The van der Waals surface area contributed by atoms with Crippen LogP contribution in [0.4, 0.5) is 15.9 Å². The standard InChI is InChI=1S/C22H20ClFN4O/c23-17-5-9-19(10-6-17)26-22(29)16-2-1-13-28(14-16)20-11-12-25-21(27-20)15-3-7-18(24)8-4-15/h3-12,16H,1-2,13-14H2,(H,26,29)/t16-/m0/s1. The number of benzene rings is 2. The molecule has 1 aliphatic heterocycles. The SMILES string of the molecule is O=C(Nc1ccc(Cl)cc1)[C@H]1CCCN(c2ccnc(-c3ccc(F)cc3)n2)C1. The molecule has 4 rings (SSSR count). The van der Waals surface area contributed by atoms with Gasteiger partial charge < -0.3 is 10.2 Å². The van der Waals surface area contributed by atoms with Crippen molar-refractivity contribution < 1.29 is 9.18 Å². The van der Waals surface area contributed by atoms with Gasteiger partial charge in [-0.2, -0.15) is 0 Å². The number of carbonyl (C=O) groups excluding carboxylic acids is 1. The average Bonchev–Trinajstić information content (AvgIpc) is 2.76. The van der Waals surface area contributed by atoms with Gasteiger partial charge in [0.25, 0.3) is 0 Å². The van der Waals surface area contributed by atoms with Gasteiger partial charge in [-0.15, -0.1) is 0 Å². The van der Waals surface area contributed by atoms with E-state index in [1.807, 2.05) is 6.07 Å². The molecule has 1 saturated heterocycles. The van der Waals surface area contributed by atoms with E-state index in [4.69, 9.17) is 11.6 Å². The minimum atomic E-state index is -0.296. The van der Waals surface area contributed by atoms with Crippen molar-refractivity contribution in [3.8, 4) is 11.4 Å². The summed E-state index contributed by atoms with van der Waals surface area (Å²) in [7, 11) is 0. The summed E-state index contributed by atoms with van der Waals surface area (Å²) >= 11 is 5.90. The number of hydrogen-bond acceptors (Lipinski definition) is 4. The van der Waals surface area contributed by atoms with Crippen LogP contribution < -0.4 is 10.2 Å². The summed E-state index contributed by atoms with van der Waals surface area (Å²) < 4.78 is 13.2. The molecule has 1 aliphatic rings. The molecule has 3 aromatic rings. The lowest BCUT2D eigenvalue weighted by Gasteiger charge is -2.33. The highest BCUT2D eigenvalue weighted by Gasteiger charge is 2.27.